The Morgan fingerprint density at radius 3 is 2.85 bits per heavy atom. The SMILES string of the molecule is Oc1ccc2c(c1)CCC(C1=CCOCC1)=C2c1ccn2cc(CN3CC(CF)C3)nc2c1. The van der Waals surface area contributed by atoms with Gasteiger partial charge in [-0.15, -0.1) is 0 Å². The highest BCUT2D eigenvalue weighted by molar-refractivity contribution is 5.88. The largest absolute Gasteiger partial charge is 0.508 e. The van der Waals surface area contributed by atoms with Crippen LogP contribution in [0.4, 0.5) is 4.39 Å². The molecule has 4 heterocycles. The van der Waals surface area contributed by atoms with Gasteiger partial charge in [0.25, 0.3) is 0 Å². The molecule has 1 N–H and O–H groups in total. The van der Waals surface area contributed by atoms with E-state index in [-0.39, 0.29) is 12.6 Å². The van der Waals surface area contributed by atoms with Crippen molar-refractivity contribution >= 4 is 11.2 Å². The molecule has 3 aromatic rings. The van der Waals surface area contributed by atoms with Gasteiger partial charge in [-0.05, 0) is 76.9 Å². The fraction of sp³-hybridized carbons (Fsp3) is 0.370. The number of ether oxygens (including phenoxy) is 1. The predicted octanol–water partition coefficient (Wildman–Crippen LogP) is 4.54. The Morgan fingerprint density at radius 1 is 1.12 bits per heavy atom. The average molecular weight is 446 g/mol. The van der Waals surface area contributed by atoms with E-state index in [2.05, 4.69) is 39.9 Å². The number of aryl methyl sites for hydroxylation is 1. The number of alkyl halides is 1. The Bertz CT molecular complexity index is 1270. The fourth-order valence-electron chi connectivity index (χ4n) is 5.43. The number of likely N-dealkylation sites (tertiary alicyclic amines) is 1. The zero-order valence-electron chi connectivity index (χ0n) is 18.6. The maximum atomic E-state index is 12.8. The van der Waals surface area contributed by atoms with E-state index in [1.807, 2.05) is 12.1 Å². The number of hydrogen-bond donors (Lipinski definition) is 1. The minimum atomic E-state index is -0.232. The monoisotopic (exact) mass is 445 g/mol. The standard InChI is InChI=1S/C27H28FN3O2/c28-13-18-14-30(15-18)16-22-17-31-8-5-21(12-26(31)29-22)27-24(19-6-9-33-10-7-19)3-1-20-11-23(32)2-4-25(20)27/h2,4-6,8,11-12,17-18,32H,1,3,7,9-10,13-16H2. The third-order valence-corrected chi connectivity index (χ3v) is 7.09. The zero-order valence-corrected chi connectivity index (χ0v) is 18.6. The molecule has 0 spiro atoms. The molecule has 0 bridgehead atoms. The second kappa shape index (κ2) is 8.43. The second-order valence-corrected chi connectivity index (χ2v) is 9.38. The molecule has 2 aliphatic heterocycles. The number of imidazole rings is 1. The van der Waals surface area contributed by atoms with Crippen LogP contribution in [0.1, 0.15) is 35.2 Å². The molecule has 1 aromatic carbocycles. The molecule has 6 heteroatoms. The van der Waals surface area contributed by atoms with E-state index in [0.29, 0.717) is 12.4 Å². The van der Waals surface area contributed by atoms with Gasteiger partial charge in [0.1, 0.15) is 11.4 Å². The van der Waals surface area contributed by atoms with E-state index in [0.717, 1.165) is 62.4 Å². The molecule has 0 saturated carbocycles. The minimum Gasteiger partial charge on any atom is -0.508 e. The van der Waals surface area contributed by atoms with Crippen molar-refractivity contribution in [1.29, 1.82) is 0 Å². The number of aromatic hydroxyl groups is 1. The van der Waals surface area contributed by atoms with Crippen LogP contribution in [0, 0.1) is 5.92 Å². The summed E-state index contributed by atoms with van der Waals surface area (Å²) in [6.45, 7) is 3.58. The summed E-state index contributed by atoms with van der Waals surface area (Å²) in [5.41, 5.74) is 9.45. The quantitative estimate of drug-likeness (QED) is 0.627. The Morgan fingerprint density at radius 2 is 2.03 bits per heavy atom. The van der Waals surface area contributed by atoms with Crippen LogP contribution in [-0.2, 0) is 17.7 Å². The molecular weight excluding hydrogens is 417 g/mol. The van der Waals surface area contributed by atoms with Crippen molar-refractivity contribution in [3.63, 3.8) is 0 Å². The summed E-state index contributed by atoms with van der Waals surface area (Å²) in [5, 5.41) is 10.1. The maximum absolute atomic E-state index is 12.8. The molecule has 170 valence electrons. The Hall–Kier alpha value is -2.96. The van der Waals surface area contributed by atoms with Gasteiger partial charge >= 0.3 is 0 Å². The van der Waals surface area contributed by atoms with Crippen molar-refractivity contribution in [2.45, 2.75) is 25.8 Å². The Kier molecular flexibility index (Phi) is 5.27. The van der Waals surface area contributed by atoms with Crippen LogP contribution in [-0.4, -0.2) is 52.4 Å². The van der Waals surface area contributed by atoms with Crippen molar-refractivity contribution in [3.05, 3.63) is 82.3 Å². The molecule has 5 nitrogen and oxygen atoms in total. The molecule has 1 saturated heterocycles. The highest BCUT2D eigenvalue weighted by Gasteiger charge is 2.27. The molecule has 0 unspecified atom stereocenters. The lowest BCUT2D eigenvalue weighted by molar-refractivity contribution is 0.0727. The summed E-state index contributed by atoms with van der Waals surface area (Å²) in [4.78, 5) is 7.12. The van der Waals surface area contributed by atoms with E-state index in [1.165, 1.54) is 27.8 Å². The summed E-state index contributed by atoms with van der Waals surface area (Å²) < 4.78 is 20.4. The first kappa shape index (κ1) is 20.6. The Labute approximate surface area is 192 Å². The number of rotatable bonds is 5. The highest BCUT2D eigenvalue weighted by atomic mass is 19.1. The molecule has 2 aromatic heterocycles. The van der Waals surface area contributed by atoms with Gasteiger partial charge in [0.15, 0.2) is 0 Å². The number of allylic oxidation sites excluding steroid dienone is 1. The molecule has 1 fully saturated rings. The van der Waals surface area contributed by atoms with Crippen LogP contribution < -0.4 is 0 Å². The summed E-state index contributed by atoms with van der Waals surface area (Å²) in [5.74, 6) is 0.500. The minimum absolute atomic E-state index is 0.185. The number of aromatic nitrogens is 2. The fourth-order valence-corrected chi connectivity index (χ4v) is 5.43. The topological polar surface area (TPSA) is 50.0 Å². The Balaban J connectivity index is 1.40. The van der Waals surface area contributed by atoms with E-state index >= 15 is 0 Å². The van der Waals surface area contributed by atoms with Crippen LogP contribution in [0.5, 0.6) is 5.75 Å². The summed E-state index contributed by atoms with van der Waals surface area (Å²) in [7, 11) is 0. The summed E-state index contributed by atoms with van der Waals surface area (Å²) in [6, 6.07) is 10.1. The average Bonchev–Trinajstić information content (AvgIpc) is 3.22. The van der Waals surface area contributed by atoms with Crippen LogP contribution in [0.15, 0.2) is 59.9 Å². The molecule has 0 radical (unpaired) electrons. The van der Waals surface area contributed by atoms with Gasteiger partial charge in [0, 0.05) is 37.9 Å². The number of nitrogens with zero attached hydrogens (tertiary/aromatic N) is 3. The smallest absolute Gasteiger partial charge is 0.137 e. The molecule has 33 heavy (non-hydrogen) atoms. The van der Waals surface area contributed by atoms with Gasteiger partial charge in [0.05, 0.1) is 25.6 Å². The van der Waals surface area contributed by atoms with Crippen molar-refractivity contribution in [3.8, 4) is 5.75 Å². The van der Waals surface area contributed by atoms with Crippen LogP contribution in [0.25, 0.3) is 11.2 Å². The number of benzene rings is 1. The van der Waals surface area contributed by atoms with Gasteiger partial charge in [0.2, 0.25) is 0 Å². The van der Waals surface area contributed by atoms with Crippen molar-refractivity contribution in [1.82, 2.24) is 14.3 Å². The summed E-state index contributed by atoms with van der Waals surface area (Å²) >= 11 is 0. The van der Waals surface area contributed by atoms with Crippen molar-refractivity contribution in [2.75, 3.05) is 33.0 Å². The van der Waals surface area contributed by atoms with E-state index in [4.69, 9.17) is 9.72 Å². The number of halogens is 1. The van der Waals surface area contributed by atoms with Crippen molar-refractivity contribution < 1.29 is 14.2 Å². The number of pyridine rings is 1. The first-order valence-electron chi connectivity index (χ1n) is 11.8. The number of fused-ring (bicyclic) bond motifs is 2. The van der Waals surface area contributed by atoms with Crippen LogP contribution in [0.2, 0.25) is 0 Å². The third-order valence-electron chi connectivity index (χ3n) is 7.09. The lowest BCUT2D eigenvalue weighted by atomic mass is 9.79. The molecule has 1 aliphatic carbocycles. The molecule has 0 amide bonds. The lowest BCUT2D eigenvalue weighted by Crippen LogP contribution is -2.46. The normalized spacial score (nSPS) is 19.5. The highest BCUT2D eigenvalue weighted by Crippen LogP contribution is 2.41. The van der Waals surface area contributed by atoms with Crippen LogP contribution in [0.3, 0.4) is 0 Å². The van der Waals surface area contributed by atoms with Gasteiger partial charge in [-0.2, -0.15) is 0 Å². The van der Waals surface area contributed by atoms with Crippen molar-refractivity contribution in [2.24, 2.45) is 5.92 Å². The molecular formula is C27H28FN3O2. The second-order valence-electron chi connectivity index (χ2n) is 9.38. The van der Waals surface area contributed by atoms with E-state index in [1.54, 1.807) is 6.07 Å². The van der Waals surface area contributed by atoms with Gasteiger partial charge in [-0.3, -0.25) is 9.29 Å². The third kappa shape index (κ3) is 3.87. The van der Waals surface area contributed by atoms with Gasteiger partial charge < -0.3 is 14.2 Å². The zero-order chi connectivity index (χ0) is 22.4. The van der Waals surface area contributed by atoms with Crippen LogP contribution >= 0.6 is 0 Å². The first-order chi connectivity index (χ1) is 16.2. The summed E-state index contributed by atoms with van der Waals surface area (Å²) in [6.07, 6.45) is 9.18. The predicted molar refractivity (Wildman–Crippen MR) is 126 cm³/mol. The molecule has 3 aliphatic rings. The molecule has 6 rings (SSSR count). The number of phenols is 1. The molecule has 0 atom stereocenters. The lowest BCUT2D eigenvalue weighted by Gasteiger charge is -2.37. The number of phenolic OH excluding ortho intramolecular Hbond substituents is 1. The van der Waals surface area contributed by atoms with Gasteiger partial charge in [-0.1, -0.05) is 12.1 Å². The first-order valence-corrected chi connectivity index (χ1v) is 11.8. The van der Waals surface area contributed by atoms with E-state index in [9.17, 15) is 9.50 Å². The van der Waals surface area contributed by atoms with E-state index < -0.39 is 0 Å². The maximum Gasteiger partial charge on any atom is 0.137 e. The van der Waals surface area contributed by atoms with Gasteiger partial charge in [-0.25, -0.2) is 4.98 Å². The number of hydrogen-bond acceptors (Lipinski definition) is 4.